The fourth-order valence-electron chi connectivity index (χ4n) is 11.5. The molecule has 0 heterocycles. The quantitative estimate of drug-likeness (QED) is 0.0420. The van der Waals surface area contributed by atoms with Crippen molar-refractivity contribution in [3.63, 3.8) is 0 Å². The third kappa shape index (κ3) is 18.7. The molecule has 6 rings (SSSR count). The standard InChI is InChI=1S/C70H92Cl2O2/c1-67(2,3)47-61(53-21-15-13-16-22-53)43-59(46-66(70(10,11)12)58-31-27-52(50-72)28-32-58)54-33-37-63(38-34-54)73-41-19-20-42-74-64-39-35-55(36-40-64)60(45-65(69(7,8)9)57-23-17-14-18-24-57)44-62(48-68(4,5)6)56-29-25-51(49-71)26-30-56/h13-18,21-40,59-62,65-66H,19-20,41-50H2,1-12H3. The van der Waals surface area contributed by atoms with Crippen molar-refractivity contribution in [3.05, 3.63) is 202 Å². The fourth-order valence-corrected chi connectivity index (χ4v) is 11.9. The van der Waals surface area contributed by atoms with E-state index in [2.05, 4.69) is 241 Å². The van der Waals surface area contributed by atoms with Gasteiger partial charge >= 0.3 is 0 Å². The summed E-state index contributed by atoms with van der Waals surface area (Å²) in [4.78, 5) is 0. The monoisotopic (exact) mass is 1030 g/mol. The lowest BCUT2D eigenvalue weighted by Gasteiger charge is -2.36. The van der Waals surface area contributed by atoms with E-state index in [0.29, 0.717) is 60.5 Å². The zero-order valence-electron chi connectivity index (χ0n) is 47.5. The van der Waals surface area contributed by atoms with Crippen LogP contribution >= 0.6 is 23.2 Å². The Kier molecular flexibility index (Phi) is 21.4. The molecule has 0 aliphatic heterocycles. The van der Waals surface area contributed by atoms with Crippen LogP contribution in [0.4, 0.5) is 0 Å². The lowest BCUT2D eigenvalue weighted by atomic mass is 9.68. The Morgan fingerprint density at radius 2 is 0.635 bits per heavy atom. The van der Waals surface area contributed by atoms with Crippen LogP contribution in [0.15, 0.2) is 158 Å². The van der Waals surface area contributed by atoms with Crippen LogP contribution in [0.3, 0.4) is 0 Å². The van der Waals surface area contributed by atoms with Crippen molar-refractivity contribution >= 4 is 23.2 Å². The maximum Gasteiger partial charge on any atom is 0.119 e. The van der Waals surface area contributed by atoms with Gasteiger partial charge in [0.2, 0.25) is 0 Å². The molecular formula is C70H92Cl2O2. The third-order valence-electron chi connectivity index (χ3n) is 15.4. The molecule has 0 N–H and O–H groups in total. The minimum Gasteiger partial charge on any atom is -0.494 e. The predicted octanol–water partition coefficient (Wildman–Crippen LogP) is 21.2. The maximum absolute atomic E-state index is 6.40. The van der Waals surface area contributed by atoms with Gasteiger partial charge in [0.1, 0.15) is 11.5 Å². The summed E-state index contributed by atoms with van der Waals surface area (Å²) in [5.74, 6) is 5.31. The molecule has 4 heteroatoms. The highest BCUT2D eigenvalue weighted by atomic mass is 35.5. The van der Waals surface area contributed by atoms with Gasteiger partial charge in [-0.05, 0) is 177 Å². The number of hydrogen-bond donors (Lipinski definition) is 0. The highest BCUT2D eigenvalue weighted by Crippen LogP contribution is 2.49. The highest BCUT2D eigenvalue weighted by molar-refractivity contribution is 6.17. The second kappa shape index (κ2) is 27.0. The molecule has 0 saturated heterocycles. The van der Waals surface area contributed by atoms with Crippen LogP contribution in [0.2, 0.25) is 0 Å². The first kappa shape index (κ1) is 58.8. The molecule has 0 saturated carbocycles. The summed E-state index contributed by atoms with van der Waals surface area (Å²) < 4.78 is 12.8. The number of hydrogen-bond acceptors (Lipinski definition) is 2. The Morgan fingerprint density at radius 3 is 0.973 bits per heavy atom. The van der Waals surface area contributed by atoms with Gasteiger partial charge in [0.15, 0.2) is 0 Å². The normalized spacial score (nSPS) is 14.9. The van der Waals surface area contributed by atoms with Gasteiger partial charge in [0, 0.05) is 11.8 Å². The van der Waals surface area contributed by atoms with Crippen LogP contribution < -0.4 is 9.47 Å². The average molecular weight is 1040 g/mol. The Bertz CT molecular complexity index is 2450. The molecule has 0 aliphatic rings. The number of rotatable bonds is 25. The van der Waals surface area contributed by atoms with Crippen molar-refractivity contribution in [1.29, 1.82) is 0 Å². The molecular weight excluding hydrogens is 944 g/mol. The topological polar surface area (TPSA) is 18.5 Å². The fraction of sp³-hybridized carbons (Fsp3) is 0.486. The Hall–Kier alpha value is -4.50. The molecule has 2 nitrogen and oxygen atoms in total. The number of unbranched alkanes of at least 4 members (excludes halogenated alkanes) is 1. The molecule has 0 aliphatic carbocycles. The summed E-state index contributed by atoms with van der Waals surface area (Å²) in [6.45, 7) is 30.0. The van der Waals surface area contributed by atoms with Crippen LogP contribution in [0.5, 0.6) is 11.5 Å². The highest BCUT2D eigenvalue weighted by Gasteiger charge is 2.34. The van der Waals surface area contributed by atoms with Gasteiger partial charge < -0.3 is 9.47 Å². The van der Waals surface area contributed by atoms with E-state index in [1.807, 2.05) is 0 Å². The third-order valence-corrected chi connectivity index (χ3v) is 16.0. The van der Waals surface area contributed by atoms with Gasteiger partial charge in [-0.3, -0.25) is 0 Å². The van der Waals surface area contributed by atoms with E-state index < -0.39 is 0 Å². The lowest BCUT2D eigenvalue weighted by Crippen LogP contribution is -2.23. The first-order chi connectivity index (χ1) is 35.1. The molecule has 0 fully saturated rings. The van der Waals surface area contributed by atoms with Crippen molar-refractivity contribution in [2.75, 3.05) is 13.2 Å². The van der Waals surface area contributed by atoms with Crippen LogP contribution in [0, 0.1) is 21.7 Å². The van der Waals surface area contributed by atoms with Gasteiger partial charge in [-0.2, -0.15) is 0 Å². The van der Waals surface area contributed by atoms with Gasteiger partial charge in [0.05, 0.1) is 13.2 Å². The maximum atomic E-state index is 6.40. The van der Waals surface area contributed by atoms with E-state index in [-0.39, 0.29) is 21.7 Å². The zero-order valence-corrected chi connectivity index (χ0v) is 49.0. The Balaban J connectivity index is 1.11. The summed E-state index contributed by atoms with van der Waals surface area (Å²) in [6, 6.07) is 58.6. The van der Waals surface area contributed by atoms with E-state index in [9.17, 15) is 0 Å². The van der Waals surface area contributed by atoms with Crippen LogP contribution in [0.25, 0.3) is 0 Å². The van der Waals surface area contributed by atoms with Crippen molar-refractivity contribution in [1.82, 2.24) is 0 Å². The summed E-state index contributed by atoms with van der Waals surface area (Å²) in [5.41, 5.74) is 11.3. The molecule has 6 atom stereocenters. The number of alkyl halides is 2. The van der Waals surface area contributed by atoms with E-state index in [0.717, 1.165) is 68.4 Å². The summed E-state index contributed by atoms with van der Waals surface area (Å²) in [5, 5.41) is 0. The molecule has 6 aromatic carbocycles. The second-order valence-corrected chi connectivity index (χ2v) is 26.7. The molecule has 398 valence electrons. The number of benzene rings is 6. The van der Waals surface area contributed by atoms with Gasteiger partial charge in [-0.15, -0.1) is 23.2 Å². The van der Waals surface area contributed by atoms with Crippen LogP contribution in [-0.2, 0) is 11.8 Å². The molecule has 0 aromatic heterocycles. The van der Waals surface area contributed by atoms with E-state index >= 15 is 0 Å². The van der Waals surface area contributed by atoms with Crippen molar-refractivity contribution < 1.29 is 9.47 Å². The van der Waals surface area contributed by atoms with Crippen LogP contribution in [0.1, 0.15) is 214 Å². The van der Waals surface area contributed by atoms with Crippen molar-refractivity contribution in [2.24, 2.45) is 21.7 Å². The summed E-state index contributed by atoms with van der Waals surface area (Å²) >= 11 is 12.5. The molecule has 0 spiro atoms. The first-order valence-electron chi connectivity index (χ1n) is 27.9. The van der Waals surface area contributed by atoms with Gasteiger partial charge in [-0.1, -0.05) is 217 Å². The Morgan fingerprint density at radius 1 is 0.338 bits per heavy atom. The molecule has 74 heavy (non-hydrogen) atoms. The smallest absolute Gasteiger partial charge is 0.119 e. The average Bonchev–Trinajstić information content (AvgIpc) is 3.36. The lowest BCUT2D eigenvalue weighted by molar-refractivity contribution is 0.264. The van der Waals surface area contributed by atoms with Gasteiger partial charge in [-0.25, -0.2) is 0 Å². The Labute approximate surface area is 460 Å². The SMILES string of the molecule is CC(C)(C)CC(CC(CC(c1ccccc1)C(C)(C)C)c1ccc(OCCCCOc2ccc(C(CC(CC(C)(C)C)c3ccccc3)CC(c3ccc(CCl)cc3)C(C)(C)C)cc2)cc1)c1ccc(CCl)cc1. The molecule has 6 unspecified atom stereocenters. The molecule has 0 radical (unpaired) electrons. The number of halogens is 2. The van der Waals surface area contributed by atoms with Crippen molar-refractivity contribution in [2.45, 2.75) is 182 Å². The molecule has 0 amide bonds. The van der Waals surface area contributed by atoms with Gasteiger partial charge in [0.25, 0.3) is 0 Å². The first-order valence-corrected chi connectivity index (χ1v) is 29.0. The van der Waals surface area contributed by atoms with Crippen molar-refractivity contribution in [3.8, 4) is 11.5 Å². The minimum absolute atomic E-state index is 0.0831. The second-order valence-electron chi connectivity index (χ2n) is 26.2. The molecule has 6 aromatic rings. The van der Waals surface area contributed by atoms with E-state index in [4.69, 9.17) is 32.7 Å². The van der Waals surface area contributed by atoms with Crippen LogP contribution in [-0.4, -0.2) is 13.2 Å². The largest absolute Gasteiger partial charge is 0.494 e. The minimum atomic E-state index is 0.0831. The zero-order chi connectivity index (χ0) is 53.5. The summed E-state index contributed by atoms with van der Waals surface area (Å²) in [6.07, 6.45) is 8.39. The predicted molar refractivity (Wildman–Crippen MR) is 320 cm³/mol. The van der Waals surface area contributed by atoms with E-state index in [1.54, 1.807) is 0 Å². The molecule has 0 bridgehead atoms. The summed E-state index contributed by atoms with van der Waals surface area (Å²) in [7, 11) is 0. The number of ether oxygens (including phenoxy) is 2. The van der Waals surface area contributed by atoms with E-state index in [1.165, 1.54) is 38.9 Å².